The number of rotatable bonds is 7. The number of aliphatic hydroxyl groups excluding tert-OH is 1. The van der Waals surface area contributed by atoms with Crippen molar-refractivity contribution in [1.82, 2.24) is 4.90 Å². The smallest absolute Gasteiger partial charge is 0.248 e. The van der Waals surface area contributed by atoms with Gasteiger partial charge in [0.2, 0.25) is 17.7 Å². The fourth-order valence-electron chi connectivity index (χ4n) is 5.71. The average Bonchev–Trinajstić information content (AvgIpc) is 3.44. The summed E-state index contributed by atoms with van der Waals surface area (Å²) in [6.07, 6.45) is 0.580. The van der Waals surface area contributed by atoms with Gasteiger partial charge in [0.1, 0.15) is 11.8 Å². The molecule has 2 aromatic rings. The van der Waals surface area contributed by atoms with Crippen molar-refractivity contribution in [2.24, 2.45) is 11.8 Å². The van der Waals surface area contributed by atoms with Crippen LogP contribution in [0.1, 0.15) is 6.42 Å². The summed E-state index contributed by atoms with van der Waals surface area (Å²) in [6, 6.07) is 15.3. The predicted molar refractivity (Wildman–Crippen MR) is 138 cm³/mol. The van der Waals surface area contributed by atoms with E-state index in [0.29, 0.717) is 23.5 Å². The van der Waals surface area contributed by atoms with Crippen molar-refractivity contribution < 1.29 is 24.2 Å². The number of nitrogens with one attached hydrogen (secondary N) is 2. The Morgan fingerprint density at radius 2 is 1.77 bits per heavy atom. The topological polar surface area (TPSA) is 108 Å². The van der Waals surface area contributed by atoms with Crippen molar-refractivity contribution in [2.75, 3.05) is 30.9 Å². The number of carbonyl (C=O) groups is 3. The van der Waals surface area contributed by atoms with E-state index in [1.165, 1.54) is 4.90 Å². The van der Waals surface area contributed by atoms with Crippen LogP contribution in [0.25, 0.3) is 0 Å². The third-order valence-corrected chi connectivity index (χ3v) is 10.3. The third-order valence-electron chi connectivity index (χ3n) is 7.08. The normalized spacial score (nSPS) is 30.8. The van der Waals surface area contributed by atoms with Crippen LogP contribution >= 0.6 is 27.7 Å². The number of thioether (sulfide) groups is 1. The molecule has 6 atom stereocenters. The molecule has 3 aliphatic rings. The van der Waals surface area contributed by atoms with E-state index in [4.69, 9.17) is 4.74 Å². The Hall–Kier alpha value is -2.56. The average molecular weight is 560 g/mol. The van der Waals surface area contributed by atoms with Crippen molar-refractivity contribution in [3.8, 4) is 5.75 Å². The first-order chi connectivity index (χ1) is 16.9. The molecule has 0 aliphatic carbocycles. The number of fused-ring (bicyclic) bond motifs is 1. The molecule has 5 rings (SSSR count). The molecule has 35 heavy (non-hydrogen) atoms. The Morgan fingerprint density at radius 1 is 1.11 bits per heavy atom. The number of nitrogens with zero attached hydrogens (tertiary/aromatic N) is 1. The molecular formula is C25H26BrN3O5S. The second kappa shape index (κ2) is 9.48. The molecule has 3 fully saturated rings. The zero-order chi connectivity index (χ0) is 24.7. The number of alkyl halides is 1. The van der Waals surface area contributed by atoms with E-state index in [1.807, 2.05) is 18.2 Å². The monoisotopic (exact) mass is 559 g/mol. The summed E-state index contributed by atoms with van der Waals surface area (Å²) < 4.78 is 4.42. The van der Waals surface area contributed by atoms with E-state index in [-0.39, 0.29) is 41.0 Å². The van der Waals surface area contributed by atoms with Gasteiger partial charge in [0.05, 0.1) is 30.3 Å². The van der Waals surface area contributed by atoms with Crippen molar-refractivity contribution >= 4 is 56.8 Å². The van der Waals surface area contributed by atoms with Gasteiger partial charge in [-0.05, 0) is 42.8 Å². The van der Waals surface area contributed by atoms with Gasteiger partial charge in [-0.2, -0.15) is 0 Å². The molecule has 2 bridgehead atoms. The zero-order valence-corrected chi connectivity index (χ0v) is 21.4. The minimum absolute atomic E-state index is 0.0200. The molecule has 3 heterocycles. The lowest BCUT2D eigenvalue weighted by Gasteiger charge is -2.35. The van der Waals surface area contributed by atoms with Crippen LogP contribution in [0, 0.1) is 11.8 Å². The number of β-amino-alcohol motifs (C(OH)–C–C–N with tert-alkyl or cyclic N) is 1. The molecule has 184 valence electrons. The molecule has 0 saturated carbocycles. The second-order valence-electron chi connectivity index (χ2n) is 8.99. The molecule has 3 N–H and O–H groups in total. The fraction of sp³-hybridized carbons (Fsp3) is 0.400. The van der Waals surface area contributed by atoms with Gasteiger partial charge >= 0.3 is 0 Å². The number of para-hydroxylation sites is 1. The van der Waals surface area contributed by atoms with Crippen LogP contribution in [0.3, 0.4) is 0 Å². The van der Waals surface area contributed by atoms with E-state index in [0.717, 1.165) is 0 Å². The van der Waals surface area contributed by atoms with Crippen molar-refractivity contribution in [3.63, 3.8) is 0 Å². The Bertz CT molecular complexity index is 1130. The van der Waals surface area contributed by atoms with Crippen LogP contribution in [-0.4, -0.2) is 68.9 Å². The van der Waals surface area contributed by atoms with Gasteiger partial charge in [-0.15, -0.1) is 11.8 Å². The first kappa shape index (κ1) is 24.1. The number of halogens is 1. The van der Waals surface area contributed by atoms with Crippen LogP contribution in [0.4, 0.5) is 11.4 Å². The molecule has 10 heteroatoms. The van der Waals surface area contributed by atoms with Crippen molar-refractivity contribution in [1.29, 1.82) is 0 Å². The minimum atomic E-state index is -0.807. The standard InChI is InChI=1S/C25H26BrN3O5S/c1-34-16-9-7-15(8-10-16)28-23(32)21-25-13-17(26)20(35-25)18(19(25)24(33)29(21)11-12-30)22(31)27-14-5-3-2-4-6-14/h2-10,17-21,30H,11-13H2,1H3,(H,27,31)(H,28,32)/t17?,18-,19-,20-,21?,25?/m0/s1. The van der Waals surface area contributed by atoms with E-state index in [9.17, 15) is 19.5 Å². The van der Waals surface area contributed by atoms with Gasteiger partial charge < -0.3 is 25.4 Å². The minimum Gasteiger partial charge on any atom is -0.497 e. The molecule has 3 saturated heterocycles. The number of amides is 3. The maximum atomic E-state index is 13.7. The number of anilines is 2. The molecular weight excluding hydrogens is 534 g/mol. The first-order valence-electron chi connectivity index (χ1n) is 11.4. The highest BCUT2D eigenvalue weighted by molar-refractivity contribution is 9.09. The number of benzene rings is 2. The maximum Gasteiger partial charge on any atom is 0.248 e. The molecule has 1 spiro atoms. The lowest BCUT2D eigenvalue weighted by molar-refractivity contribution is -0.138. The predicted octanol–water partition coefficient (Wildman–Crippen LogP) is 2.73. The summed E-state index contributed by atoms with van der Waals surface area (Å²) in [6.45, 7) is -0.240. The van der Waals surface area contributed by atoms with Gasteiger partial charge in [-0.3, -0.25) is 14.4 Å². The molecule has 0 aromatic heterocycles. The fourth-order valence-corrected chi connectivity index (χ4v) is 9.32. The Labute approximate surface area is 215 Å². The number of likely N-dealkylation sites (tertiary alicyclic amines) is 1. The Kier molecular flexibility index (Phi) is 6.54. The quantitative estimate of drug-likeness (QED) is 0.450. The van der Waals surface area contributed by atoms with Gasteiger partial charge in [-0.1, -0.05) is 34.1 Å². The third kappa shape index (κ3) is 4.01. The summed E-state index contributed by atoms with van der Waals surface area (Å²) >= 11 is 5.29. The summed E-state index contributed by atoms with van der Waals surface area (Å²) in [7, 11) is 1.57. The number of hydrogen-bond donors (Lipinski definition) is 3. The number of hydrogen-bond acceptors (Lipinski definition) is 6. The van der Waals surface area contributed by atoms with Crippen LogP contribution < -0.4 is 15.4 Å². The van der Waals surface area contributed by atoms with Gasteiger partial charge in [-0.25, -0.2) is 0 Å². The van der Waals surface area contributed by atoms with Crippen LogP contribution in [0.2, 0.25) is 0 Å². The van der Waals surface area contributed by atoms with Crippen LogP contribution in [0.15, 0.2) is 54.6 Å². The summed E-state index contributed by atoms with van der Waals surface area (Å²) in [5.74, 6) is -1.37. The molecule has 0 radical (unpaired) electrons. The number of methoxy groups -OCH3 is 1. The number of aliphatic hydroxyl groups is 1. The molecule has 8 nitrogen and oxygen atoms in total. The van der Waals surface area contributed by atoms with E-state index in [2.05, 4.69) is 26.6 Å². The highest BCUT2D eigenvalue weighted by Gasteiger charge is 2.75. The molecule has 3 aliphatic heterocycles. The second-order valence-corrected chi connectivity index (χ2v) is 11.7. The SMILES string of the molecule is COc1ccc(NC(=O)C2N(CCO)C(=O)[C@@H]3[C@H](C(=O)Nc4ccccc4)[C@H]4SC23CC4Br)cc1. The molecule has 3 unspecified atom stereocenters. The Morgan fingerprint density at radius 3 is 2.43 bits per heavy atom. The lowest BCUT2D eigenvalue weighted by Crippen LogP contribution is -2.53. The van der Waals surface area contributed by atoms with Crippen LogP contribution in [0.5, 0.6) is 5.75 Å². The van der Waals surface area contributed by atoms with E-state index in [1.54, 1.807) is 55.3 Å². The number of ether oxygens (including phenoxy) is 1. The summed E-state index contributed by atoms with van der Waals surface area (Å²) in [5, 5.41) is 15.5. The number of carbonyl (C=O) groups excluding carboxylic acids is 3. The molecule has 3 amide bonds. The zero-order valence-electron chi connectivity index (χ0n) is 19.0. The van der Waals surface area contributed by atoms with E-state index >= 15 is 0 Å². The van der Waals surface area contributed by atoms with Crippen molar-refractivity contribution in [3.05, 3.63) is 54.6 Å². The summed E-state index contributed by atoms with van der Waals surface area (Å²) in [4.78, 5) is 42.2. The lowest BCUT2D eigenvalue weighted by atomic mass is 9.70. The van der Waals surface area contributed by atoms with Crippen LogP contribution in [-0.2, 0) is 14.4 Å². The Balaban J connectivity index is 1.46. The van der Waals surface area contributed by atoms with Crippen molar-refractivity contribution in [2.45, 2.75) is 27.3 Å². The maximum absolute atomic E-state index is 13.7. The van der Waals surface area contributed by atoms with E-state index < -0.39 is 22.6 Å². The largest absolute Gasteiger partial charge is 0.497 e. The highest BCUT2D eigenvalue weighted by Crippen LogP contribution is 2.67. The van der Waals surface area contributed by atoms with Gasteiger partial charge in [0, 0.05) is 28.0 Å². The highest BCUT2D eigenvalue weighted by atomic mass is 79.9. The molecule has 2 aromatic carbocycles. The van der Waals surface area contributed by atoms with Gasteiger partial charge in [0.15, 0.2) is 0 Å². The summed E-state index contributed by atoms with van der Waals surface area (Å²) in [5.41, 5.74) is 1.25. The first-order valence-corrected chi connectivity index (χ1v) is 13.2. The van der Waals surface area contributed by atoms with Gasteiger partial charge in [0.25, 0.3) is 0 Å².